The number of phenols is 1. The molecule has 0 spiro atoms. The van der Waals surface area contributed by atoms with Gasteiger partial charge in [-0.3, -0.25) is 0 Å². The largest absolute Gasteiger partial charge is 0.507 e. The minimum Gasteiger partial charge on any atom is -0.507 e. The van der Waals surface area contributed by atoms with Crippen molar-refractivity contribution in [2.75, 3.05) is 0 Å². The molecule has 0 unspecified atom stereocenters. The molecule has 0 bridgehead atoms. The minimum atomic E-state index is 0.0939. The van der Waals surface area contributed by atoms with Crippen molar-refractivity contribution in [1.29, 1.82) is 0 Å². The van der Waals surface area contributed by atoms with E-state index in [0.29, 0.717) is 40.8 Å². The van der Waals surface area contributed by atoms with Gasteiger partial charge >= 0.3 is 0 Å². The van der Waals surface area contributed by atoms with E-state index in [-0.39, 0.29) is 12.2 Å². The van der Waals surface area contributed by atoms with Crippen molar-refractivity contribution >= 4 is 6.29 Å². The molecule has 2 N–H and O–H groups in total. The average molecular weight is 416 g/mol. The summed E-state index contributed by atoms with van der Waals surface area (Å²) in [5.74, 6) is 2.51. The van der Waals surface area contributed by atoms with Crippen LogP contribution in [0.4, 0.5) is 0 Å². The van der Waals surface area contributed by atoms with Crippen molar-refractivity contribution in [3.8, 4) is 34.4 Å². The predicted octanol–water partition coefficient (Wildman–Crippen LogP) is 3.99. The molecule has 0 aliphatic rings. The minimum absolute atomic E-state index is 0.0939. The van der Waals surface area contributed by atoms with E-state index in [9.17, 15) is 9.90 Å². The third-order valence-electron chi connectivity index (χ3n) is 4.76. The van der Waals surface area contributed by atoms with Gasteiger partial charge < -0.3 is 19.4 Å². The number of H-pyrrole nitrogens is 1. The number of rotatable bonds is 8. The first-order valence-electron chi connectivity index (χ1n) is 9.62. The number of aldehydes is 1. The first kappa shape index (κ1) is 20.1. The van der Waals surface area contributed by atoms with Crippen LogP contribution < -0.4 is 9.47 Å². The second kappa shape index (κ2) is 9.08. The monoisotopic (exact) mass is 416 g/mol. The van der Waals surface area contributed by atoms with Crippen LogP contribution in [0.15, 0.2) is 60.7 Å². The fourth-order valence-electron chi connectivity index (χ4n) is 3.08. The zero-order valence-corrected chi connectivity index (χ0v) is 16.8. The Labute approximate surface area is 178 Å². The predicted molar refractivity (Wildman–Crippen MR) is 113 cm³/mol. The fourth-order valence-corrected chi connectivity index (χ4v) is 3.08. The van der Waals surface area contributed by atoms with Crippen LogP contribution in [0.1, 0.15) is 16.7 Å². The van der Waals surface area contributed by atoms with Gasteiger partial charge in [0.25, 0.3) is 0 Å². The topological polar surface area (TPSA) is 110 Å². The zero-order chi connectivity index (χ0) is 21.6. The van der Waals surface area contributed by atoms with E-state index in [4.69, 9.17) is 9.47 Å². The molecule has 0 saturated carbocycles. The van der Waals surface area contributed by atoms with Crippen LogP contribution in [0, 0.1) is 6.92 Å². The summed E-state index contributed by atoms with van der Waals surface area (Å²) in [6.45, 7) is 2.10. The molecule has 0 atom stereocenters. The molecule has 1 heterocycles. The van der Waals surface area contributed by atoms with E-state index in [2.05, 4.69) is 20.6 Å². The molecule has 8 nitrogen and oxygen atoms in total. The third kappa shape index (κ3) is 4.69. The van der Waals surface area contributed by atoms with Crippen molar-refractivity contribution in [2.45, 2.75) is 20.0 Å². The molecule has 4 rings (SSSR count). The molecule has 156 valence electrons. The van der Waals surface area contributed by atoms with Crippen molar-refractivity contribution in [1.82, 2.24) is 20.6 Å². The molecule has 31 heavy (non-hydrogen) atoms. The molecule has 0 radical (unpaired) electrons. The molecular weight excluding hydrogens is 396 g/mol. The van der Waals surface area contributed by atoms with Crippen molar-refractivity contribution < 1.29 is 19.4 Å². The second-order valence-corrected chi connectivity index (χ2v) is 6.87. The maximum Gasteiger partial charge on any atom is 0.204 e. The van der Waals surface area contributed by atoms with Crippen molar-refractivity contribution in [3.63, 3.8) is 0 Å². The molecule has 1 aromatic heterocycles. The standard InChI is InChI=1S/C23H20N4O4/c1-15-21(10-7-17(11-12-28)22(15)29)30-14-16-5-8-19(9-6-16)31-20-4-2-3-18(13-20)23-24-26-27-25-23/h2-10,12-13,29H,11,14H2,1H3,(H,24,25,26,27). The summed E-state index contributed by atoms with van der Waals surface area (Å²) in [6, 6.07) is 18.4. The van der Waals surface area contributed by atoms with Gasteiger partial charge in [-0.1, -0.05) is 30.3 Å². The lowest BCUT2D eigenvalue weighted by Gasteiger charge is -2.13. The van der Waals surface area contributed by atoms with Gasteiger partial charge in [0, 0.05) is 23.1 Å². The maximum absolute atomic E-state index is 10.7. The summed E-state index contributed by atoms with van der Waals surface area (Å²) in [5.41, 5.74) is 2.95. The number of aromatic amines is 1. The molecule has 0 aliphatic heterocycles. The molecule has 0 fully saturated rings. The SMILES string of the molecule is Cc1c(OCc2ccc(Oc3cccc(-c4nn[nH]n4)c3)cc2)ccc(CC=O)c1O. The first-order valence-corrected chi connectivity index (χ1v) is 9.62. The molecule has 4 aromatic rings. The normalized spacial score (nSPS) is 10.6. The van der Waals surface area contributed by atoms with Crippen LogP contribution in [-0.4, -0.2) is 32.0 Å². The highest BCUT2D eigenvalue weighted by Crippen LogP contribution is 2.31. The highest BCUT2D eigenvalue weighted by atomic mass is 16.5. The van der Waals surface area contributed by atoms with Crippen LogP contribution in [0.25, 0.3) is 11.4 Å². The number of aromatic hydroxyl groups is 1. The highest BCUT2D eigenvalue weighted by molar-refractivity contribution is 5.60. The molecule has 0 saturated heterocycles. The van der Waals surface area contributed by atoms with Gasteiger partial charge in [-0.25, -0.2) is 0 Å². The van der Waals surface area contributed by atoms with Gasteiger partial charge in [0.2, 0.25) is 5.82 Å². The number of hydrogen-bond donors (Lipinski definition) is 2. The lowest BCUT2D eigenvalue weighted by atomic mass is 10.1. The Bertz CT molecular complexity index is 1170. The van der Waals surface area contributed by atoms with Gasteiger partial charge in [0.1, 0.15) is 35.9 Å². The van der Waals surface area contributed by atoms with Gasteiger partial charge in [-0.2, -0.15) is 5.21 Å². The fraction of sp³-hybridized carbons (Fsp3) is 0.130. The van der Waals surface area contributed by atoms with Gasteiger partial charge in [-0.15, -0.1) is 10.2 Å². The summed E-state index contributed by atoms with van der Waals surface area (Å²) in [5, 5.41) is 24.1. The number of ether oxygens (including phenoxy) is 2. The summed E-state index contributed by atoms with van der Waals surface area (Å²) in [7, 11) is 0. The van der Waals surface area contributed by atoms with Crippen LogP contribution in [0.5, 0.6) is 23.0 Å². The quantitative estimate of drug-likeness (QED) is 0.418. The number of nitrogens with one attached hydrogen (secondary N) is 1. The van der Waals surface area contributed by atoms with Crippen LogP contribution in [-0.2, 0) is 17.8 Å². The summed E-state index contributed by atoms with van der Waals surface area (Å²) in [6.07, 6.45) is 0.937. The van der Waals surface area contributed by atoms with Gasteiger partial charge in [-0.05, 0) is 48.0 Å². The Kier molecular flexibility index (Phi) is 5.89. The molecular formula is C23H20N4O4. The Morgan fingerprint density at radius 3 is 2.65 bits per heavy atom. The van der Waals surface area contributed by atoms with Crippen LogP contribution in [0.2, 0.25) is 0 Å². The van der Waals surface area contributed by atoms with Gasteiger partial charge in [0.15, 0.2) is 0 Å². The first-order chi connectivity index (χ1) is 15.1. The Morgan fingerprint density at radius 1 is 1.06 bits per heavy atom. The van der Waals surface area contributed by atoms with E-state index >= 15 is 0 Å². The van der Waals surface area contributed by atoms with Gasteiger partial charge in [0.05, 0.1) is 0 Å². The van der Waals surface area contributed by atoms with Crippen LogP contribution in [0.3, 0.4) is 0 Å². The maximum atomic E-state index is 10.7. The Balaban J connectivity index is 1.40. The van der Waals surface area contributed by atoms with E-state index in [1.165, 1.54) is 0 Å². The lowest BCUT2D eigenvalue weighted by Crippen LogP contribution is -1.99. The highest BCUT2D eigenvalue weighted by Gasteiger charge is 2.10. The number of hydrogen-bond acceptors (Lipinski definition) is 7. The van der Waals surface area contributed by atoms with Crippen molar-refractivity contribution in [2.24, 2.45) is 0 Å². The summed E-state index contributed by atoms with van der Waals surface area (Å²) >= 11 is 0. The molecule has 0 aliphatic carbocycles. The summed E-state index contributed by atoms with van der Waals surface area (Å²) < 4.78 is 11.8. The average Bonchev–Trinajstić information content (AvgIpc) is 3.33. The molecule has 3 aromatic carbocycles. The van der Waals surface area contributed by atoms with E-state index < -0.39 is 0 Å². The number of aromatic nitrogens is 4. The number of carbonyl (C=O) groups excluding carboxylic acids is 1. The van der Waals surface area contributed by atoms with E-state index in [1.54, 1.807) is 19.1 Å². The number of nitrogens with zero attached hydrogens (tertiary/aromatic N) is 3. The number of benzene rings is 3. The number of phenolic OH excluding ortho intramolecular Hbond substituents is 1. The lowest BCUT2D eigenvalue weighted by molar-refractivity contribution is -0.107. The molecule has 0 amide bonds. The molecule has 8 heteroatoms. The number of tetrazole rings is 1. The summed E-state index contributed by atoms with van der Waals surface area (Å²) in [4.78, 5) is 10.7. The third-order valence-corrected chi connectivity index (χ3v) is 4.76. The van der Waals surface area contributed by atoms with E-state index in [1.807, 2.05) is 48.5 Å². The Morgan fingerprint density at radius 2 is 1.90 bits per heavy atom. The Hall–Kier alpha value is -4.20. The van der Waals surface area contributed by atoms with Crippen LogP contribution >= 0.6 is 0 Å². The second-order valence-electron chi connectivity index (χ2n) is 6.87. The zero-order valence-electron chi connectivity index (χ0n) is 16.8. The van der Waals surface area contributed by atoms with E-state index in [0.717, 1.165) is 17.4 Å². The smallest absolute Gasteiger partial charge is 0.204 e. The van der Waals surface area contributed by atoms with Crippen molar-refractivity contribution in [3.05, 3.63) is 77.4 Å². The number of carbonyl (C=O) groups is 1.